The van der Waals surface area contributed by atoms with Gasteiger partial charge >= 0.3 is 0 Å². The van der Waals surface area contributed by atoms with Gasteiger partial charge in [-0.1, -0.05) is 6.07 Å². The van der Waals surface area contributed by atoms with Crippen molar-refractivity contribution >= 4 is 17.6 Å². The molecule has 0 aliphatic carbocycles. The van der Waals surface area contributed by atoms with Crippen molar-refractivity contribution in [2.24, 2.45) is 0 Å². The van der Waals surface area contributed by atoms with Crippen LogP contribution < -0.4 is 20.3 Å². The van der Waals surface area contributed by atoms with E-state index >= 15 is 0 Å². The molecule has 2 aromatic rings. The fourth-order valence-electron chi connectivity index (χ4n) is 5.10. The number of rotatable bonds is 9. The zero-order valence-corrected chi connectivity index (χ0v) is 20.6. The second kappa shape index (κ2) is 10.8. The summed E-state index contributed by atoms with van der Waals surface area (Å²) in [5.74, 6) is 1.54. The molecule has 10 heteroatoms. The third-order valence-electron chi connectivity index (χ3n) is 7.00. The van der Waals surface area contributed by atoms with E-state index in [-0.39, 0.29) is 12.1 Å². The monoisotopic (exact) mass is 500 g/mol. The van der Waals surface area contributed by atoms with Crippen molar-refractivity contribution in [1.82, 2.24) is 25.5 Å². The Morgan fingerprint density at radius 2 is 2.11 bits per heavy atom. The van der Waals surface area contributed by atoms with Crippen molar-refractivity contribution in [3.63, 3.8) is 0 Å². The maximum atomic E-state index is 12.7. The second-order valence-electron chi connectivity index (χ2n) is 9.20. The summed E-state index contributed by atoms with van der Waals surface area (Å²) >= 11 is 0. The number of piperidine rings is 1. The fraction of sp³-hybridized carbons (Fsp3) is 0.333. The number of allylic oxidation sites excluding steroid dienone is 3. The van der Waals surface area contributed by atoms with Crippen LogP contribution in [0.4, 0.5) is 10.2 Å². The number of piperazine rings is 1. The molecule has 2 atom stereocenters. The van der Waals surface area contributed by atoms with Crippen LogP contribution in [0.15, 0.2) is 65.9 Å². The van der Waals surface area contributed by atoms with Crippen molar-refractivity contribution in [2.75, 3.05) is 38.3 Å². The molecular formula is C27H29FN8O. The minimum Gasteiger partial charge on any atom is -0.481 e. The van der Waals surface area contributed by atoms with Crippen LogP contribution in [0.3, 0.4) is 0 Å². The van der Waals surface area contributed by atoms with Crippen LogP contribution in [0.2, 0.25) is 0 Å². The number of halogens is 1. The third kappa shape index (κ3) is 5.04. The molecule has 0 aromatic carbocycles. The molecule has 3 saturated heterocycles. The van der Waals surface area contributed by atoms with Gasteiger partial charge in [-0.25, -0.2) is 14.4 Å². The number of hydrogen-bond acceptors (Lipinski definition) is 9. The Morgan fingerprint density at radius 1 is 1.27 bits per heavy atom. The third-order valence-corrected chi connectivity index (χ3v) is 7.00. The normalized spacial score (nSPS) is 22.0. The number of hydrogen-bond donors (Lipinski definition) is 3. The molecule has 3 fully saturated rings. The largest absolute Gasteiger partial charge is 0.481 e. The van der Waals surface area contributed by atoms with E-state index in [0.29, 0.717) is 29.4 Å². The lowest BCUT2D eigenvalue weighted by atomic mass is 9.87. The Labute approximate surface area is 215 Å². The van der Waals surface area contributed by atoms with Gasteiger partial charge in [-0.2, -0.15) is 5.26 Å². The van der Waals surface area contributed by atoms with E-state index < -0.39 is 6.67 Å². The lowest BCUT2D eigenvalue weighted by Crippen LogP contribution is -2.68. The lowest BCUT2D eigenvalue weighted by Gasteiger charge is -2.56. The van der Waals surface area contributed by atoms with Gasteiger partial charge in [0.15, 0.2) is 0 Å². The Morgan fingerprint density at radius 3 is 2.73 bits per heavy atom. The Kier molecular flexibility index (Phi) is 7.14. The predicted octanol–water partition coefficient (Wildman–Crippen LogP) is 2.76. The molecule has 6 rings (SSSR count). The highest BCUT2D eigenvalue weighted by Crippen LogP contribution is 2.36. The Balaban J connectivity index is 1.29. The number of aromatic nitrogens is 2. The van der Waals surface area contributed by atoms with Crippen molar-refractivity contribution < 1.29 is 9.13 Å². The van der Waals surface area contributed by atoms with E-state index in [1.54, 1.807) is 19.5 Å². The van der Waals surface area contributed by atoms with Crippen LogP contribution in [0.1, 0.15) is 17.5 Å². The molecule has 3 N–H and O–H groups in total. The zero-order chi connectivity index (χ0) is 25.8. The van der Waals surface area contributed by atoms with Crippen molar-refractivity contribution in [3.05, 3.63) is 77.0 Å². The van der Waals surface area contributed by atoms with Gasteiger partial charge in [0.2, 0.25) is 5.88 Å². The molecule has 0 radical (unpaired) electrons. The number of nitriles is 1. The molecule has 9 nitrogen and oxygen atoms in total. The quantitative estimate of drug-likeness (QED) is 0.356. The van der Waals surface area contributed by atoms with Crippen molar-refractivity contribution in [3.8, 4) is 11.9 Å². The van der Waals surface area contributed by atoms with Crippen LogP contribution >= 0.6 is 0 Å². The van der Waals surface area contributed by atoms with E-state index in [0.717, 1.165) is 42.8 Å². The number of dihydropyridines is 1. The fourth-order valence-corrected chi connectivity index (χ4v) is 5.10. The summed E-state index contributed by atoms with van der Waals surface area (Å²) in [7, 11) is 1.62. The van der Waals surface area contributed by atoms with Gasteiger partial charge in [0.05, 0.1) is 24.1 Å². The molecule has 4 aliphatic rings. The van der Waals surface area contributed by atoms with Gasteiger partial charge < -0.3 is 25.7 Å². The summed E-state index contributed by atoms with van der Waals surface area (Å²) in [6, 6.07) is 11.0. The molecule has 2 aromatic heterocycles. The lowest BCUT2D eigenvalue weighted by molar-refractivity contribution is -0.00877. The number of nitrogens with zero attached hydrogens (tertiary/aromatic N) is 5. The molecule has 37 heavy (non-hydrogen) atoms. The smallest absolute Gasteiger partial charge is 0.212 e. The number of alkyl halides is 1. The molecule has 2 bridgehead atoms. The van der Waals surface area contributed by atoms with Gasteiger partial charge in [0.1, 0.15) is 18.6 Å². The van der Waals surface area contributed by atoms with Crippen LogP contribution in [0.25, 0.3) is 5.57 Å². The molecule has 6 heterocycles. The first kappa shape index (κ1) is 24.5. The van der Waals surface area contributed by atoms with E-state index in [1.807, 2.05) is 30.5 Å². The van der Waals surface area contributed by atoms with Crippen molar-refractivity contribution in [1.29, 1.82) is 10.7 Å². The predicted molar refractivity (Wildman–Crippen MR) is 140 cm³/mol. The first-order valence-corrected chi connectivity index (χ1v) is 12.2. The summed E-state index contributed by atoms with van der Waals surface area (Å²) in [4.78, 5) is 13.9. The number of nitrogens with one attached hydrogen (secondary N) is 3. The van der Waals surface area contributed by atoms with E-state index in [9.17, 15) is 9.65 Å². The van der Waals surface area contributed by atoms with Gasteiger partial charge in [0.25, 0.3) is 0 Å². The number of pyridine rings is 2. The van der Waals surface area contributed by atoms with Gasteiger partial charge in [-0.15, -0.1) is 0 Å². The Bertz CT molecular complexity index is 1270. The highest BCUT2D eigenvalue weighted by Gasteiger charge is 2.44. The number of fused-ring (bicyclic) bond motifs is 2. The van der Waals surface area contributed by atoms with Gasteiger partial charge in [0, 0.05) is 80.3 Å². The highest BCUT2D eigenvalue weighted by molar-refractivity contribution is 5.93. The standard InChI is InChI=1S/C27H29FN8O/c1-37-26-5-2-18(12-33-26)15-36-22-9-23(36)17-35(16-22)25-4-3-19(13-32-25)24-8-21(31-7-6-28)14-34-27(24)20(10-29)11-30/h2-5,8,10,12-14,22-23,29,31,34H,6-7,9,15-17H2,1H3/b27-20+,29-10?. The molecule has 190 valence electrons. The van der Waals surface area contributed by atoms with Gasteiger partial charge in [-0.3, -0.25) is 4.90 Å². The maximum absolute atomic E-state index is 12.7. The first-order chi connectivity index (χ1) is 18.1. The minimum absolute atomic E-state index is 0.187. The molecule has 0 saturated carbocycles. The summed E-state index contributed by atoms with van der Waals surface area (Å²) in [6.45, 7) is 2.40. The van der Waals surface area contributed by atoms with E-state index in [4.69, 9.17) is 15.1 Å². The van der Waals surface area contributed by atoms with Crippen LogP contribution in [0.5, 0.6) is 5.88 Å². The highest BCUT2D eigenvalue weighted by atomic mass is 19.1. The summed E-state index contributed by atoms with van der Waals surface area (Å²) in [5.41, 5.74) is 4.15. The van der Waals surface area contributed by atoms with Crippen LogP contribution in [0, 0.1) is 16.7 Å². The SMILES string of the molecule is COc1ccc(CN2C3CC2CN(c2ccc(C4=CC(NCCF)=CN/C4=C(/C#N)C=N)cn2)C3)cn1. The maximum Gasteiger partial charge on any atom is 0.212 e. The zero-order valence-electron chi connectivity index (χ0n) is 20.6. The second-order valence-corrected chi connectivity index (χ2v) is 9.20. The molecule has 4 aliphatic heterocycles. The van der Waals surface area contributed by atoms with E-state index in [1.165, 1.54) is 12.0 Å². The summed E-state index contributed by atoms with van der Waals surface area (Å²) in [5, 5.41) is 23.2. The summed E-state index contributed by atoms with van der Waals surface area (Å²) < 4.78 is 17.8. The van der Waals surface area contributed by atoms with Crippen LogP contribution in [-0.4, -0.2) is 66.6 Å². The molecule has 2 unspecified atom stereocenters. The average Bonchev–Trinajstić information content (AvgIpc) is 2.96. The minimum atomic E-state index is -0.490. The van der Waals surface area contributed by atoms with Crippen molar-refractivity contribution in [2.45, 2.75) is 25.0 Å². The average molecular weight is 501 g/mol. The molecular weight excluding hydrogens is 471 g/mol. The summed E-state index contributed by atoms with van der Waals surface area (Å²) in [6.07, 6.45) is 9.41. The first-order valence-electron chi connectivity index (χ1n) is 12.2. The topological polar surface area (TPSA) is 113 Å². The van der Waals surface area contributed by atoms with Crippen LogP contribution in [-0.2, 0) is 6.54 Å². The molecule has 0 amide bonds. The van der Waals surface area contributed by atoms with Gasteiger partial charge in [-0.05, 0) is 30.2 Å². The Hall–Kier alpha value is -4.23. The van der Waals surface area contributed by atoms with E-state index in [2.05, 4.69) is 37.6 Å². The number of ether oxygens (including phenoxy) is 1. The number of methoxy groups -OCH3 is 1. The molecule has 0 spiro atoms. The number of anilines is 1.